The van der Waals surface area contributed by atoms with E-state index in [9.17, 15) is 0 Å². The van der Waals surface area contributed by atoms with Gasteiger partial charge in [-0.1, -0.05) is 104 Å². The summed E-state index contributed by atoms with van der Waals surface area (Å²) in [6, 6.07) is 47.5. The Morgan fingerprint density at radius 3 is 2.22 bits per heavy atom. The van der Waals surface area contributed by atoms with Gasteiger partial charge in [0.25, 0.3) is 0 Å². The lowest BCUT2D eigenvalue weighted by molar-refractivity contribution is 0.666. The fourth-order valence-corrected chi connectivity index (χ4v) is 7.02. The maximum Gasteiger partial charge on any atom is 0.159 e. The van der Waals surface area contributed by atoms with Crippen molar-refractivity contribution < 1.29 is 4.42 Å². The van der Waals surface area contributed by atoms with Crippen LogP contribution in [0.5, 0.6) is 0 Å². The monoisotopic (exact) mass is 590 g/mol. The Labute approximate surface area is 267 Å². The molecule has 0 spiro atoms. The van der Waals surface area contributed by atoms with Crippen molar-refractivity contribution >= 4 is 55.1 Å². The third-order valence-electron chi connectivity index (χ3n) is 9.13. The summed E-state index contributed by atoms with van der Waals surface area (Å²) in [5.41, 5.74) is 12.0. The summed E-state index contributed by atoms with van der Waals surface area (Å²) in [5, 5.41) is 4.70. The van der Waals surface area contributed by atoms with E-state index in [4.69, 9.17) is 4.42 Å². The first-order valence-corrected chi connectivity index (χ1v) is 15.7. The first-order chi connectivity index (χ1) is 22.7. The molecule has 46 heavy (non-hydrogen) atoms. The standard InChI is InChI=1S/C43H30N2O/c1-29-13-4-2-5-14-32-27-30(23-25-38(32)44(29)33-15-6-3-7-16-33)31-24-26-40-37(28-31)34-17-8-10-20-39(34)45(40)41-21-12-19-36-35-18-9-11-22-42(35)46-43(36)41/h2-13,15-28H,1,14H2/b5-2-,13-4-. The summed E-state index contributed by atoms with van der Waals surface area (Å²) in [6.45, 7) is 4.41. The molecule has 3 heterocycles. The molecule has 0 fully saturated rings. The summed E-state index contributed by atoms with van der Waals surface area (Å²) < 4.78 is 8.84. The van der Waals surface area contributed by atoms with Gasteiger partial charge in [-0.25, -0.2) is 0 Å². The molecule has 3 heteroatoms. The third-order valence-corrected chi connectivity index (χ3v) is 9.13. The predicted molar refractivity (Wildman–Crippen MR) is 193 cm³/mol. The van der Waals surface area contributed by atoms with E-state index in [1.54, 1.807) is 0 Å². The number of allylic oxidation sites excluding steroid dienone is 4. The lowest BCUT2D eigenvalue weighted by Crippen LogP contribution is -2.15. The number of nitrogens with zero attached hydrogens (tertiary/aromatic N) is 2. The van der Waals surface area contributed by atoms with Crippen LogP contribution in [0, 0.1) is 0 Å². The maximum atomic E-state index is 6.49. The van der Waals surface area contributed by atoms with Crippen molar-refractivity contribution in [2.75, 3.05) is 4.90 Å². The highest BCUT2D eigenvalue weighted by molar-refractivity contribution is 6.13. The van der Waals surface area contributed by atoms with Crippen LogP contribution in [0.2, 0.25) is 0 Å². The van der Waals surface area contributed by atoms with Crippen molar-refractivity contribution in [1.29, 1.82) is 0 Å². The number of furan rings is 1. The Morgan fingerprint density at radius 1 is 0.565 bits per heavy atom. The molecular formula is C43H30N2O. The summed E-state index contributed by atoms with van der Waals surface area (Å²) in [4.78, 5) is 2.25. The van der Waals surface area contributed by atoms with Crippen LogP contribution in [-0.2, 0) is 6.42 Å². The van der Waals surface area contributed by atoms with E-state index in [-0.39, 0.29) is 0 Å². The lowest BCUT2D eigenvalue weighted by Gasteiger charge is -2.28. The van der Waals surface area contributed by atoms with E-state index in [2.05, 4.69) is 156 Å². The van der Waals surface area contributed by atoms with Crippen LogP contribution in [0.25, 0.3) is 60.6 Å². The fraction of sp³-hybridized carbons (Fsp3) is 0.0233. The Kier molecular flexibility index (Phi) is 6.04. The highest BCUT2D eigenvalue weighted by Gasteiger charge is 2.19. The van der Waals surface area contributed by atoms with Gasteiger partial charge in [0.1, 0.15) is 5.58 Å². The minimum absolute atomic E-state index is 0.827. The van der Waals surface area contributed by atoms with Gasteiger partial charge in [-0.15, -0.1) is 0 Å². The largest absolute Gasteiger partial charge is 0.454 e. The lowest BCUT2D eigenvalue weighted by atomic mass is 9.97. The number of rotatable bonds is 3. The maximum absolute atomic E-state index is 6.49. The molecule has 0 atom stereocenters. The number of para-hydroxylation sites is 4. The summed E-state index contributed by atoms with van der Waals surface area (Å²) in [7, 11) is 0. The van der Waals surface area contributed by atoms with Crippen LogP contribution in [0.1, 0.15) is 5.56 Å². The van der Waals surface area contributed by atoms with Gasteiger partial charge in [0.05, 0.1) is 16.7 Å². The molecular weight excluding hydrogens is 560 g/mol. The molecule has 9 rings (SSSR count). The van der Waals surface area contributed by atoms with Crippen molar-refractivity contribution in [3.05, 3.63) is 176 Å². The van der Waals surface area contributed by atoms with Crippen LogP contribution in [0.15, 0.2) is 174 Å². The number of aromatic nitrogens is 1. The van der Waals surface area contributed by atoms with Crippen LogP contribution in [0.3, 0.4) is 0 Å². The average Bonchev–Trinajstić information content (AvgIpc) is 3.66. The predicted octanol–water partition coefficient (Wildman–Crippen LogP) is 11.7. The topological polar surface area (TPSA) is 21.3 Å². The number of hydrogen-bond donors (Lipinski definition) is 0. The zero-order valence-electron chi connectivity index (χ0n) is 25.2. The van der Waals surface area contributed by atoms with Gasteiger partial charge in [0.15, 0.2) is 5.58 Å². The molecule has 0 bridgehead atoms. The normalized spacial score (nSPS) is 14.8. The Balaban J connectivity index is 1.22. The molecule has 0 aliphatic carbocycles. The van der Waals surface area contributed by atoms with Crippen molar-refractivity contribution in [3.63, 3.8) is 0 Å². The zero-order valence-corrected chi connectivity index (χ0v) is 25.2. The van der Waals surface area contributed by atoms with Gasteiger partial charge < -0.3 is 13.9 Å². The van der Waals surface area contributed by atoms with Gasteiger partial charge in [-0.2, -0.15) is 0 Å². The van der Waals surface area contributed by atoms with Gasteiger partial charge >= 0.3 is 0 Å². The van der Waals surface area contributed by atoms with E-state index in [1.165, 1.54) is 27.5 Å². The molecule has 0 amide bonds. The highest BCUT2D eigenvalue weighted by atomic mass is 16.3. The van der Waals surface area contributed by atoms with E-state index in [1.807, 2.05) is 18.2 Å². The second-order valence-corrected chi connectivity index (χ2v) is 11.8. The van der Waals surface area contributed by atoms with Gasteiger partial charge in [0.2, 0.25) is 0 Å². The number of benzene rings is 6. The van der Waals surface area contributed by atoms with Crippen LogP contribution < -0.4 is 4.90 Å². The molecule has 1 aliphatic heterocycles. The van der Waals surface area contributed by atoms with Crippen molar-refractivity contribution in [1.82, 2.24) is 4.57 Å². The van der Waals surface area contributed by atoms with E-state index >= 15 is 0 Å². The molecule has 1 aliphatic rings. The van der Waals surface area contributed by atoms with E-state index < -0.39 is 0 Å². The van der Waals surface area contributed by atoms with Crippen molar-refractivity contribution in [2.24, 2.45) is 0 Å². The van der Waals surface area contributed by atoms with Crippen LogP contribution in [-0.4, -0.2) is 4.57 Å². The van der Waals surface area contributed by atoms with Crippen LogP contribution in [0.4, 0.5) is 11.4 Å². The smallest absolute Gasteiger partial charge is 0.159 e. The van der Waals surface area contributed by atoms with E-state index in [0.717, 1.165) is 62.2 Å². The summed E-state index contributed by atoms with van der Waals surface area (Å²) in [5.74, 6) is 0. The molecule has 6 aromatic carbocycles. The average molecular weight is 591 g/mol. The fourth-order valence-electron chi connectivity index (χ4n) is 7.02. The molecule has 3 nitrogen and oxygen atoms in total. The molecule has 0 saturated heterocycles. The van der Waals surface area contributed by atoms with Crippen LogP contribution >= 0.6 is 0 Å². The minimum atomic E-state index is 0.827. The number of hydrogen-bond acceptors (Lipinski definition) is 2. The summed E-state index contributed by atoms with van der Waals surface area (Å²) >= 11 is 0. The van der Waals surface area contributed by atoms with Gasteiger partial charge in [-0.05, 0) is 83.8 Å². The first-order valence-electron chi connectivity index (χ1n) is 15.7. The second-order valence-electron chi connectivity index (χ2n) is 11.8. The SMILES string of the molecule is C=C1/C=C\C=C/Cc2cc(-c3ccc4c(c3)c3ccccc3n4-c3cccc4c3oc3ccccc34)ccc2N1c1ccccc1. The quantitative estimate of drug-likeness (QED) is 0.204. The molecule has 2 aromatic heterocycles. The first kappa shape index (κ1) is 26.4. The van der Waals surface area contributed by atoms with Crippen molar-refractivity contribution in [2.45, 2.75) is 6.42 Å². The Bertz CT molecular complexity index is 2530. The molecule has 8 aromatic rings. The zero-order chi connectivity index (χ0) is 30.6. The van der Waals surface area contributed by atoms with Gasteiger partial charge in [0, 0.05) is 38.6 Å². The second kappa shape index (κ2) is 10.5. The highest BCUT2D eigenvalue weighted by Crippen LogP contribution is 2.40. The minimum Gasteiger partial charge on any atom is -0.454 e. The molecule has 0 saturated carbocycles. The molecule has 0 unspecified atom stereocenters. The van der Waals surface area contributed by atoms with E-state index in [0.29, 0.717) is 0 Å². The Hall–Kier alpha value is -6.06. The molecule has 218 valence electrons. The number of anilines is 2. The Morgan fingerprint density at radius 2 is 1.30 bits per heavy atom. The molecule has 0 N–H and O–H groups in total. The third kappa shape index (κ3) is 4.13. The molecule has 0 radical (unpaired) electrons. The summed E-state index contributed by atoms with van der Waals surface area (Å²) in [6.07, 6.45) is 9.30. The van der Waals surface area contributed by atoms with Gasteiger partial charge in [-0.3, -0.25) is 0 Å². The number of fused-ring (bicyclic) bond motifs is 7. The van der Waals surface area contributed by atoms with Crippen molar-refractivity contribution in [3.8, 4) is 16.8 Å².